The van der Waals surface area contributed by atoms with E-state index in [0.717, 1.165) is 9.91 Å². The van der Waals surface area contributed by atoms with Gasteiger partial charge in [-0.1, -0.05) is 47.5 Å². The number of fused-ring (bicyclic) bond motifs is 4. The molecule has 0 bridgehead atoms. The number of halogens is 2. The molecule has 2 saturated heterocycles. The van der Waals surface area contributed by atoms with Crippen LogP contribution in [-0.2, 0) is 29.4 Å². The lowest BCUT2D eigenvalue weighted by Crippen LogP contribution is -2.54. The molecule has 2 heterocycles. The van der Waals surface area contributed by atoms with Crippen LogP contribution < -0.4 is 14.9 Å². The number of aliphatic carboxylic acids is 1. The first kappa shape index (κ1) is 36.7. The highest BCUT2D eigenvalue weighted by Crippen LogP contribution is 2.61. The van der Waals surface area contributed by atoms with Crippen molar-refractivity contribution >= 4 is 53.0 Å². The van der Waals surface area contributed by atoms with Gasteiger partial charge in [-0.25, -0.2) is 4.39 Å². The summed E-state index contributed by atoms with van der Waals surface area (Å²) in [5.41, 5.74) is 3.37. The number of aromatic hydroxyl groups is 1. The highest BCUT2D eigenvalue weighted by atomic mass is 35.5. The topological polar surface area (TPSA) is 163 Å². The van der Waals surface area contributed by atoms with Crippen LogP contribution >= 0.6 is 11.6 Å². The van der Waals surface area contributed by atoms with Crippen molar-refractivity contribution < 1.29 is 48.0 Å². The van der Waals surface area contributed by atoms with E-state index in [4.69, 9.17) is 21.1 Å². The first-order chi connectivity index (χ1) is 25.9. The van der Waals surface area contributed by atoms with Crippen LogP contribution in [0.2, 0.25) is 5.02 Å². The van der Waals surface area contributed by atoms with Crippen LogP contribution in [0.25, 0.3) is 6.08 Å². The Morgan fingerprint density at radius 3 is 2.28 bits per heavy atom. The first-order valence-corrected chi connectivity index (χ1v) is 17.8. The lowest BCUT2D eigenvalue weighted by atomic mass is 9.50. The number of carboxylic acids is 1. The SMILES string of the molecule is COc1cc(C=C[C@H]2C3=CC[C@@H]4C(=O)N(CCCC(=O)O)C(=O)[C@@H]4[C@@H]3C[C@H]3C(=O)N(Nc4ccc(F)cc4)C(=O)[C@@]23c2ccc(Cl)cc2)cc(OC)c1O. The third-order valence-corrected chi connectivity index (χ3v) is 11.4. The van der Waals surface area contributed by atoms with Gasteiger partial charge in [0.05, 0.1) is 43.1 Å². The van der Waals surface area contributed by atoms with E-state index in [-0.39, 0.29) is 55.4 Å². The van der Waals surface area contributed by atoms with Gasteiger partial charge >= 0.3 is 5.97 Å². The van der Waals surface area contributed by atoms with E-state index in [0.29, 0.717) is 27.4 Å². The average Bonchev–Trinajstić information content (AvgIpc) is 3.53. The zero-order chi connectivity index (χ0) is 38.5. The predicted octanol–water partition coefficient (Wildman–Crippen LogP) is 5.60. The van der Waals surface area contributed by atoms with Crippen molar-refractivity contribution in [2.45, 2.75) is 31.1 Å². The summed E-state index contributed by atoms with van der Waals surface area (Å²) in [7, 11) is 2.79. The number of carboxylic acid groups (broad SMARTS) is 1. The van der Waals surface area contributed by atoms with Gasteiger partial charge in [0.1, 0.15) is 5.82 Å². The number of allylic oxidation sites excluding steroid dienone is 3. The number of ether oxygens (including phenoxy) is 2. The van der Waals surface area contributed by atoms with Crippen molar-refractivity contribution in [1.82, 2.24) is 9.91 Å². The molecule has 3 fully saturated rings. The molecular formula is C40H37ClFN3O9. The van der Waals surface area contributed by atoms with Crippen molar-refractivity contribution in [2.24, 2.45) is 29.6 Å². The zero-order valence-electron chi connectivity index (χ0n) is 29.3. The molecule has 0 radical (unpaired) electrons. The quantitative estimate of drug-likeness (QED) is 0.166. The van der Waals surface area contributed by atoms with Gasteiger partial charge in [-0.05, 0) is 84.8 Å². The fourth-order valence-electron chi connectivity index (χ4n) is 8.79. The van der Waals surface area contributed by atoms with Crippen molar-refractivity contribution in [3.8, 4) is 17.2 Å². The number of nitrogens with one attached hydrogen (secondary N) is 1. The van der Waals surface area contributed by atoms with Crippen LogP contribution in [0.1, 0.15) is 36.8 Å². The lowest BCUT2D eigenvalue weighted by molar-refractivity contribution is -0.142. The standard InChI is InChI=1S/C40H37ClFN3O9/c1-53-31-18-21(19-32(54-2)35(31)48)5-16-29-26-14-15-27-34(38(51)44(36(27)49)17-3-4-33(46)47)28(26)20-30-37(50)45(43-25-12-10-24(42)11-13-25)39(52)40(29,30)22-6-8-23(41)9-7-22/h5-14,16,18-19,27-30,34,43,48H,3-4,15,17,20H2,1-2H3,(H,46,47)/t27-,28+,29-,30-,34-,40-/m0/s1. The lowest BCUT2D eigenvalue weighted by Gasteiger charge is -2.49. The third-order valence-electron chi connectivity index (χ3n) is 11.2. The van der Waals surface area contributed by atoms with E-state index in [1.54, 1.807) is 48.6 Å². The number of carbonyl (C=O) groups is 5. The molecular weight excluding hydrogens is 721 g/mol. The van der Waals surface area contributed by atoms with Crippen LogP contribution in [0.5, 0.6) is 17.2 Å². The summed E-state index contributed by atoms with van der Waals surface area (Å²) in [6, 6.07) is 15.1. The number of phenolic OH excluding ortho intramolecular Hbond substituents is 1. The van der Waals surface area contributed by atoms with Gasteiger partial charge in [-0.3, -0.25) is 34.3 Å². The number of carbonyl (C=O) groups excluding carboxylic acids is 4. The van der Waals surface area contributed by atoms with E-state index in [9.17, 15) is 33.8 Å². The number of hydrogen-bond donors (Lipinski definition) is 3. The summed E-state index contributed by atoms with van der Waals surface area (Å²) in [6.07, 6.45) is 5.56. The molecule has 14 heteroatoms. The number of phenols is 1. The van der Waals surface area contributed by atoms with Gasteiger partial charge < -0.3 is 19.7 Å². The molecule has 3 aromatic rings. The van der Waals surface area contributed by atoms with Crippen LogP contribution in [0.3, 0.4) is 0 Å². The smallest absolute Gasteiger partial charge is 0.303 e. The van der Waals surface area contributed by atoms with Gasteiger partial charge in [0.25, 0.3) is 11.8 Å². The number of rotatable bonds is 11. The summed E-state index contributed by atoms with van der Waals surface area (Å²) in [5.74, 6) is -7.50. The Hall–Kier alpha value is -5.69. The maximum Gasteiger partial charge on any atom is 0.303 e. The predicted molar refractivity (Wildman–Crippen MR) is 194 cm³/mol. The first-order valence-electron chi connectivity index (χ1n) is 17.5. The highest BCUT2D eigenvalue weighted by Gasteiger charge is 2.69. The third kappa shape index (κ3) is 5.96. The van der Waals surface area contributed by atoms with E-state index in [1.165, 1.54) is 38.5 Å². The molecule has 2 aliphatic carbocycles. The van der Waals surface area contributed by atoms with E-state index < -0.39 is 64.5 Å². The van der Waals surface area contributed by atoms with Gasteiger partial charge in [0.15, 0.2) is 11.5 Å². The Morgan fingerprint density at radius 2 is 1.65 bits per heavy atom. The van der Waals surface area contributed by atoms with Crippen LogP contribution in [-0.4, -0.2) is 70.5 Å². The number of amides is 4. The fourth-order valence-corrected chi connectivity index (χ4v) is 8.92. The van der Waals surface area contributed by atoms with E-state index in [2.05, 4.69) is 5.43 Å². The Labute approximate surface area is 314 Å². The van der Waals surface area contributed by atoms with Gasteiger partial charge in [-0.2, -0.15) is 5.01 Å². The molecule has 12 nitrogen and oxygen atoms in total. The molecule has 3 aromatic carbocycles. The van der Waals surface area contributed by atoms with Crippen molar-refractivity contribution in [3.05, 3.63) is 100 Å². The van der Waals surface area contributed by atoms with Crippen LogP contribution in [0.15, 0.2) is 78.4 Å². The second-order valence-corrected chi connectivity index (χ2v) is 14.3. The molecule has 2 aliphatic heterocycles. The summed E-state index contributed by atoms with van der Waals surface area (Å²) >= 11 is 6.34. The maximum atomic E-state index is 15.2. The summed E-state index contributed by atoms with van der Waals surface area (Å²) in [6.45, 7) is -0.0439. The number of hydrazine groups is 1. The molecule has 1 saturated carbocycles. The minimum Gasteiger partial charge on any atom is -0.502 e. The largest absolute Gasteiger partial charge is 0.502 e. The fraction of sp³-hybridized carbons (Fsp3) is 0.325. The van der Waals surface area contributed by atoms with E-state index >= 15 is 4.79 Å². The maximum absolute atomic E-state index is 15.2. The Kier molecular flexibility index (Phi) is 9.69. The summed E-state index contributed by atoms with van der Waals surface area (Å²) < 4.78 is 24.6. The van der Waals surface area contributed by atoms with Crippen molar-refractivity contribution in [1.29, 1.82) is 0 Å². The Bertz CT molecular complexity index is 2080. The number of methoxy groups -OCH3 is 2. The minimum absolute atomic E-state index is 0.0439. The van der Waals surface area contributed by atoms with Gasteiger partial charge in [0.2, 0.25) is 17.6 Å². The molecule has 0 spiro atoms. The van der Waals surface area contributed by atoms with Crippen LogP contribution in [0, 0.1) is 35.4 Å². The summed E-state index contributed by atoms with van der Waals surface area (Å²) in [5, 5.41) is 21.1. The molecule has 4 amide bonds. The Morgan fingerprint density at radius 1 is 0.981 bits per heavy atom. The van der Waals surface area contributed by atoms with E-state index in [1.807, 2.05) is 6.08 Å². The molecule has 54 heavy (non-hydrogen) atoms. The second-order valence-electron chi connectivity index (χ2n) is 13.9. The molecule has 280 valence electrons. The molecule has 0 unspecified atom stereocenters. The van der Waals surface area contributed by atoms with Gasteiger partial charge in [0, 0.05) is 23.9 Å². The number of hydrogen-bond acceptors (Lipinski definition) is 9. The number of nitrogens with zero attached hydrogens (tertiary/aromatic N) is 2. The normalized spacial score (nSPS) is 26.1. The van der Waals surface area contributed by atoms with Gasteiger partial charge in [-0.15, -0.1) is 0 Å². The number of benzene rings is 3. The Balaban J connectivity index is 1.39. The average molecular weight is 758 g/mol. The van der Waals surface area contributed by atoms with Crippen LogP contribution in [0.4, 0.5) is 10.1 Å². The molecule has 3 N–H and O–H groups in total. The highest BCUT2D eigenvalue weighted by molar-refractivity contribution is 6.30. The number of imide groups is 2. The monoisotopic (exact) mass is 757 g/mol. The minimum atomic E-state index is -1.57. The zero-order valence-corrected chi connectivity index (χ0v) is 30.1. The van der Waals surface area contributed by atoms with Crippen molar-refractivity contribution in [3.63, 3.8) is 0 Å². The summed E-state index contributed by atoms with van der Waals surface area (Å²) in [4.78, 5) is 70.0. The molecule has 7 rings (SSSR count). The number of anilines is 1. The molecule has 6 atom stereocenters. The molecule has 0 aromatic heterocycles. The molecule has 4 aliphatic rings. The second kappa shape index (κ2) is 14.3. The number of likely N-dealkylation sites (tertiary alicyclic amines) is 1. The van der Waals surface area contributed by atoms with Crippen molar-refractivity contribution in [2.75, 3.05) is 26.2 Å².